The molecule has 2 heterocycles. The van der Waals surface area contributed by atoms with Gasteiger partial charge in [-0.2, -0.15) is 8.42 Å². The molecule has 3 rings (SSSR count). The minimum Gasteiger partial charge on any atom is -0.492 e. The van der Waals surface area contributed by atoms with Crippen LogP contribution in [0.25, 0.3) is 0 Å². The second-order valence-corrected chi connectivity index (χ2v) is 8.56. The summed E-state index contributed by atoms with van der Waals surface area (Å²) in [4.78, 5) is 28.7. The van der Waals surface area contributed by atoms with E-state index in [0.717, 1.165) is 17.3 Å². The number of pyridine rings is 1. The van der Waals surface area contributed by atoms with Crippen molar-refractivity contribution in [2.75, 3.05) is 25.1 Å². The number of hydrogen-bond acceptors (Lipinski definition) is 9. The standard InChI is InChI=1S/C18H19N3O7S2/c1-21(16-7-6-14(11-19-16)28-30(24,25)26)8-9-27-13-4-2-12(3-5-13)10-15-17(22)20-18(23)29-15/h2-7,11,15H,8-10H2,1H3,(H,20,22,23)(H,24,25,26)/t15-/m0/s1. The van der Waals surface area contributed by atoms with E-state index in [1.54, 1.807) is 30.1 Å². The summed E-state index contributed by atoms with van der Waals surface area (Å²) in [6.07, 6.45) is 1.66. The molecule has 1 fully saturated rings. The van der Waals surface area contributed by atoms with E-state index in [-0.39, 0.29) is 16.9 Å². The number of nitrogens with zero attached hydrogens (tertiary/aromatic N) is 2. The van der Waals surface area contributed by atoms with E-state index in [2.05, 4.69) is 14.5 Å². The fourth-order valence-corrected chi connectivity index (χ4v) is 3.85. The number of aromatic nitrogens is 1. The second-order valence-electron chi connectivity index (χ2n) is 6.36. The van der Waals surface area contributed by atoms with Crippen molar-refractivity contribution in [2.45, 2.75) is 11.7 Å². The molecule has 1 aromatic carbocycles. The first kappa shape index (κ1) is 21.9. The Balaban J connectivity index is 1.45. The molecule has 1 aromatic heterocycles. The van der Waals surface area contributed by atoms with Crippen LogP contribution in [-0.2, 0) is 21.6 Å². The fourth-order valence-electron chi connectivity index (χ4n) is 2.65. The summed E-state index contributed by atoms with van der Waals surface area (Å²) >= 11 is 0.999. The van der Waals surface area contributed by atoms with Crippen molar-refractivity contribution in [1.29, 1.82) is 0 Å². The molecule has 1 saturated heterocycles. The number of carbonyl (C=O) groups excluding carboxylic acids is 2. The summed E-state index contributed by atoms with van der Waals surface area (Å²) in [6.45, 7) is 0.879. The van der Waals surface area contributed by atoms with Gasteiger partial charge in [0.05, 0.1) is 18.0 Å². The SMILES string of the molecule is CN(CCOc1ccc(C[C@@H]2SC(=O)NC2=O)cc1)c1ccc(OS(=O)(=O)O)cn1. The number of ether oxygens (including phenoxy) is 1. The molecule has 160 valence electrons. The zero-order valence-corrected chi connectivity index (χ0v) is 17.5. The van der Waals surface area contributed by atoms with Crippen LogP contribution >= 0.6 is 11.8 Å². The van der Waals surface area contributed by atoms with Gasteiger partial charge in [-0.25, -0.2) is 4.98 Å². The molecule has 0 bridgehead atoms. The van der Waals surface area contributed by atoms with Gasteiger partial charge in [0.15, 0.2) is 5.75 Å². The normalized spacial score (nSPS) is 16.3. The smallest absolute Gasteiger partial charge is 0.446 e. The molecule has 12 heteroatoms. The van der Waals surface area contributed by atoms with Gasteiger partial charge in [0.2, 0.25) is 5.91 Å². The number of carbonyl (C=O) groups is 2. The van der Waals surface area contributed by atoms with Crippen molar-refractivity contribution in [3.8, 4) is 11.5 Å². The Bertz CT molecular complexity index is 1010. The van der Waals surface area contributed by atoms with Gasteiger partial charge in [0.25, 0.3) is 5.24 Å². The third-order valence-electron chi connectivity index (χ3n) is 4.12. The number of amides is 2. The van der Waals surface area contributed by atoms with Gasteiger partial charge < -0.3 is 13.8 Å². The average Bonchev–Trinajstić information content (AvgIpc) is 2.99. The molecule has 2 amide bonds. The molecule has 2 aromatic rings. The molecular formula is C18H19N3O7S2. The largest absolute Gasteiger partial charge is 0.492 e. The molecule has 1 aliphatic rings. The number of likely N-dealkylation sites (N-methyl/N-ethyl adjacent to an activating group) is 1. The van der Waals surface area contributed by atoms with Gasteiger partial charge in [-0.3, -0.25) is 19.5 Å². The lowest BCUT2D eigenvalue weighted by Gasteiger charge is -2.18. The van der Waals surface area contributed by atoms with Crippen molar-refractivity contribution in [2.24, 2.45) is 0 Å². The highest BCUT2D eigenvalue weighted by atomic mass is 32.3. The van der Waals surface area contributed by atoms with E-state index in [1.807, 2.05) is 12.1 Å². The van der Waals surface area contributed by atoms with Crippen LogP contribution in [0.5, 0.6) is 11.5 Å². The summed E-state index contributed by atoms with van der Waals surface area (Å²) in [6, 6.07) is 10.2. The Morgan fingerprint density at radius 1 is 1.17 bits per heavy atom. The van der Waals surface area contributed by atoms with Gasteiger partial charge >= 0.3 is 10.4 Å². The highest BCUT2D eigenvalue weighted by molar-refractivity contribution is 8.15. The van der Waals surface area contributed by atoms with Gasteiger partial charge in [-0.05, 0) is 36.2 Å². The monoisotopic (exact) mass is 453 g/mol. The maximum atomic E-state index is 11.6. The lowest BCUT2D eigenvalue weighted by molar-refractivity contribution is -0.118. The van der Waals surface area contributed by atoms with Crippen LogP contribution in [0.2, 0.25) is 0 Å². The summed E-state index contributed by atoms with van der Waals surface area (Å²) in [7, 11) is -2.78. The number of nitrogens with one attached hydrogen (secondary N) is 1. The number of rotatable bonds is 9. The van der Waals surface area contributed by atoms with Crippen LogP contribution in [0.3, 0.4) is 0 Å². The van der Waals surface area contributed by atoms with Crippen LogP contribution in [0.1, 0.15) is 5.56 Å². The van der Waals surface area contributed by atoms with E-state index in [0.29, 0.717) is 31.1 Å². The first-order valence-electron chi connectivity index (χ1n) is 8.77. The lowest BCUT2D eigenvalue weighted by Crippen LogP contribution is -2.25. The van der Waals surface area contributed by atoms with Crippen molar-refractivity contribution in [1.82, 2.24) is 10.3 Å². The predicted octanol–water partition coefficient (Wildman–Crippen LogP) is 1.67. The fraction of sp³-hybridized carbons (Fsp3) is 0.278. The van der Waals surface area contributed by atoms with E-state index >= 15 is 0 Å². The van der Waals surface area contributed by atoms with E-state index < -0.39 is 15.6 Å². The van der Waals surface area contributed by atoms with Gasteiger partial charge in [0, 0.05) is 7.05 Å². The van der Waals surface area contributed by atoms with Crippen LogP contribution in [0.4, 0.5) is 10.6 Å². The molecule has 1 aliphatic heterocycles. The Kier molecular flexibility index (Phi) is 6.80. The van der Waals surface area contributed by atoms with E-state index in [4.69, 9.17) is 9.29 Å². The number of hydrogen-bond donors (Lipinski definition) is 2. The quantitative estimate of drug-likeness (QED) is 0.540. The van der Waals surface area contributed by atoms with Crippen molar-refractivity contribution in [3.05, 3.63) is 48.2 Å². The van der Waals surface area contributed by atoms with Gasteiger partial charge in [0.1, 0.15) is 18.2 Å². The summed E-state index contributed by atoms with van der Waals surface area (Å²) in [5.41, 5.74) is 0.929. The maximum Gasteiger partial charge on any atom is 0.446 e. The minimum absolute atomic E-state index is 0.0937. The number of imide groups is 1. The Labute approximate surface area is 177 Å². The first-order valence-corrected chi connectivity index (χ1v) is 11.0. The molecule has 2 N–H and O–H groups in total. The molecule has 0 unspecified atom stereocenters. The molecule has 0 spiro atoms. The van der Waals surface area contributed by atoms with Crippen molar-refractivity contribution in [3.63, 3.8) is 0 Å². The highest BCUT2D eigenvalue weighted by Crippen LogP contribution is 2.24. The van der Waals surface area contributed by atoms with Crippen LogP contribution in [-0.4, -0.2) is 54.6 Å². The van der Waals surface area contributed by atoms with Crippen LogP contribution in [0.15, 0.2) is 42.6 Å². The Hall–Kier alpha value is -2.83. The lowest BCUT2D eigenvalue weighted by atomic mass is 10.1. The second kappa shape index (κ2) is 9.32. The van der Waals surface area contributed by atoms with Crippen LogP contribution in [0, 0.1) is 0 Å². The number of anilines is 1. The zero-order valence-electron chi connectivity index (χ0n) is 15.8. The summed E-state index contributed by atoms with van der Waals surface area (Å²) in [5.74, 6) is 0.874. The number of thioether (sulfide) groups is 1. The predicted molar refractivity (Wildman–Crippen MR) is 110 cm³/mol. The summed E-state index contributed by atoms with van der Waals surface area (Å²) < 4.78 is 40.0. The van der Waals surface area contributed by atoms with E-state index in [1.165, 1.54) is 12.3 Å². The minimum atomic E-state index is -4.58. The van der Waals surface area contributed by atoms with Crippen LogP contribution < -0.4 is 19.1 Å². The first-order chi connectivity index (χ1) is 14.2. The summed E-state index contributed by atoms with van der Waals surface area (Å²) in [5, 5.41) is 1.55. The third-order valence-corrected chi connectivity index (χ3v) is 5.50. The van der Waals surface area contributed by atoms with Gasteiger partial charge in [-0.15, -0.1) is 0 Å². The Morgan fingerprint density at radius 3 is 2.43 bits per heavy atom. The Morgan fingerprint density at radius 2 is 1.87 bits per heavy atom. The zero-order chi connectivity index (χ0) is 21.7. The third kappa shape index (κ3) is 6.34. The molecule has 10 nitrogen and oxygen atoms in total. The van der Waals surface area contributed by atoms with E-state index in [9.17, 15) is 18.0 Å². The maximum absolute atomic E-state index is 11.6. The topological polar surface area (TPSA) is 135 Å². The molecule has 0 radical (unpaired) electrons. The molecule has 0 saturated carbocycles. The highest BCUT2D eigenvalue weighted by Gasteiger charge is 2.31. The molecule has 30 heavy (non-hydrogen) atoms. The molecule has 1 atom stereocenters. The average molecular weight is 453 g/mol. The molecule has 0 aliphatic carbocycles. The van der Waals surface area contributed by atoms with Crippen molar-refractivity contribution >= 4 is 39.1 Å². The van der Waals surface area contributed by atoms with Crippen molar-refractivity contribution < 1.29 is 31.5 Å². The molecular weight excluding hydrogens is 434 g/mol. The number of benzene rings is 1. The van der Waals surface area contributed by atoms with Gasteiger partial charge in [-0.1, -0.05) is 23.9 Å².